The van der Waals surface area contributed by atoms with Gasteiger partial charge in [-0.2, -0.15) is 0 Å². The maximum absolute atomic E-state index is 5.54. The predicted molar refractivity (Wildman–Crippen MR) is 34.4 cm³/mol. The van der Waals surface area contributed by atoms with Gasteiger partial charge in [0.2, 0.25) is 0 Å². The maximum atomic E-state index is 5.54. The SMILES string of the molecule is CC1(C)OC(=[NH2+])C=C1N.[Cl-]. The topological polar surface area (TPSA) is 60.8 Å². The largest absolute Gasteiger partial charge is 1.00 e. The van der Waals surface area contributed by atoms with Gasteiger partial charge in [-0.3, -0.25) is 0 Å². The van der Waals surface area contributed by atoms with E-state index in [4.69, 9.17) is 15.9 Å². The number of hydrogen-bond donors (Lipinski definition) is 2. The molecule has 0 aromatic rings. The van der Waals surface area contributed by atoms with Gasteiger partial charge in [0.25, 0.3) is 0 Å². The van der Waals surface area contributed by atoms with Gasteiger partial charge >= 0.3 is 5.90 Å². The first-order valence-electron chi connectivity index (χ1n) is 2.81. The molecule has 1 aliphatic rings. The van der Waals surface area contributed by atoms with E-state index in [-0.39, 0.29) is 12.4 Å². The Morgan fingerprint density at radius 1 is 1.60 bits per heavy atom. The Kier molecular flexibility index (Phi) is 2.33. The van der Waals surface area contributed by atoms with Crippen LogP contribution in [0.5, 0.6) is 0 Å². The zero-order valence-electron chi connectivity index (χ0n) is 6.02. The van der Waals surface area contributed by atoms with E-state index in [1.165, 1.54) is 0 Å². The molecule has 4 N–H and O–H groups in total. The van der Waals surface area contributed by atoms with Crippen LogP contribution in [0.15, 0.2) is 11.8 Å². The van der Waals surface area contributed by atoms with Gasteiger partial charge in [0.15, 0.2) is 0 Å². The Labute approximate surface area is 66.2 Å². The predicted octanol–water partition coefficient (Wildman–Crippen LogP) is -4.20. The molecule has 0 amide bonds. The number of nitrogens with two attached hydrogens (primary N) is 2. The van der Waals surface area contributed by atoms with Crippen molar-refractivity contribution < 1.29 is 22.6 Å². The first-order valence-corrected chi connectivity index (χ1v) is 2.81. The zero-order chi connectivity index (χ0) is 7.07. The Morgan fingerprint density at radius 3 is 2.20 bits per heavy atom. The Bertz CT molecular complexity index is 186. The van der Waals surface area contributed by atoms with Crippen LogP contribution >= 0.6 is 0 Å². The summed E-state index contributed by atoms with van der Waals surface area (Å²) in [5, 5.41) is 5.34. The summed E-state index contributed by atoms with van der Waals surface area (Å²) < 4.78 is 5.14. The van der Waals surface area contributed by atoms with Gasteiger partial charge in [-0.1, -0.05) is 0 Å². The molecule has 1 aliphatic heterocycles. The normalized spacial score (nSPS) is 21.0. The molecule has 0 aromatic carbocycles. The number of rotatable bonds is 0. The fourth-order valence-corrected chi connectivity index (χ4v) is 0.710. The van der Waals surface area contributed by atoms with E-state index in [9.17, 15) is 0 Å². The fraction of sp³-hybridized carbons (Fsp3) is 0.500. The number of halogens is 1. The molecule has 0 unspecified atom stereocenters. The van der Waals surface area contributed by atoms with Crippen LogP contribution in [0.4, 0.5) is 0 Å². The monoisotopic (exact) mass is 162 g/mol. The van der Waals surface area contributed by atoms with Crippen LogP contribution in [0.1, 0.15) is 13.8 Å². The third-order valence-corrected chi connectivity index (χ3v) is 1.37. The van der Waals surface area contributed by atoms with Gasteiger partial charge in [-0.05, 0) is 13.8 Å². The summed E-state index contributed by atoms with van der Waals surface area (Å²) in [5.41, 5.74) is 5.82. The summed E-state index contributed by atoms with van der Waals surface area (Å²) in [4.78, 5) is 0. The van der Waals surface area contributed by atoms with E-state index in [1.54, 1.807) is 6.08 Å². The van der Waals surface area contributed by atoms with Gasteiger partial charge in [0.1, 0.15) is 5.60 Å². The van der Waals surface area contributed by atoms with Crippen LogP contribution in [0.3, 0.4) is 0 Å². The van der Waals surface area contributed by atoms with E-state index in [1.807, 2.05) is 13.8 Å². The van der Waals surface area contributed by atoms with Crippen molar-refractivity contribution in [2.45, 2.75) is 19.4 Å². The van der Waals surface area contributed by atoms with Crippen molar-refractivity contribution in [3.8, 4) is 0 Å². The molecule has 0 fully saturated rings. The van der Waals surface area contributed by atoms with Gasteiger partial charge in [-0.25, -0.2) is 5.41 Å². The van der Waals surface area contributed by atoms with Crippen molar-refractivity contribution in [1.82, 2.24) is 0 Å². The summed E-state index contributed by atoms with van der Waals surface area (Å²) in [6.45, 7) is 3.75. The highest BCUT2D eigenvalue weighted by atomic mass is 35.5. The molecule has 58 valence electrons. The average Bonchev–Trinajstić information content (AvgIpc) is 1.79. The van der Waals surface area contributed by atoms with E-state index in [2.05, 4.69) is 0 Å². The smallest absolute Gasteiger partial charge is 0.361 e. The van der Waals surface area contributed by atoms with Crippen LogP contribution < -0.4 is 23.5 Å². The van der Waals surface area contributed by atoms with Crippen molar-refractivity contribution in [1.29, 1.82) is 0 Å². The van der Waals surface area contributed by atoms with E-state index >= 15 is 0 Å². The molecule has 4 heteroatoms. The molecule has 0 saturated heterocycles. The molecule has 0 spiro atoms. The highest BCUT2D eigenvalue weighted by Crippen LogP contribution is 2.21. The first kappa shape index (κ1) is 9.30. The molecular formula is C6H11ClN2O. The average molecular weight is 163 g/mol. The molecule has 0 bridgehead atoms. The lowest BCUT2D eigenvalue weighted by Crippen LogP contribution is -3.00. The third-order valence-electron chi connectivity index (χ3n) is 1.37. The van der Waals surface area contributed by atoms with Crippen LogP contribution in [-0.2, 0) is 4.74 Å². The molecule has 0 radical (unpaired) electrons. The van der Waals surface area contributed by atoms with Gasteiger partial charge < -0.3 is 22.9 Å². The lowest BCUT2D eigenvalue weighted by molar-refractivity contribution is -0.143. The highest BCUT2D eigenvalue weighted by molar-refractivity contribution is 5.86. The molecular weight excluding hydrogens is 152 g/mol. The van der Waals surface area contributed by atoms with E-state index < -0.39 is 5.60 Å². The molecule has 0 saturated carbocycles. The van der Waals surface area contributed by atoms with Crippen molar-refractivity contribution >= 4 is 5.90 Å². The Hall–Kier alpha value is -0.700. The quantitative estimate of drug-likeness (QED) is 0.380. The van der Waals surface area contributed by atoms with Gasteiger partial charge in [0.05, 0.1) is 11.8 Å². The van der Waals surface area contributed by atoms with Gasteiger partial charge in [0, 0.05) is 0 Å². The fourth-order valence-electron chi connectivity index (χ4n) is 0.710. The minimum atomic E-state index is -0.399. The molecule has 3 nitrogen and oxygen atoms in total. The van der Waals surface area contributed by atoms with Crippen LogP contribution in [-0.4, -0.2) is 11.5 Å². The summed E-state index contributed by atoms with van der Waals surface area (Å²) in [7, 11) is 0. The lowest BCUT2D eigenvalue weighted by Gasteiger charge is -2.16. The van der Waals surface area contributed by atoms with Crippen molar-refractivity contribution in [3.05, 3.63) is 11.8 Å². The first-order chi connectivity index (χ1) is 4.02. The third kappa shape index (κ3) is 1.42. The van der Waals surface area contributed by atoms with Gasteiger partial charge in [-0.15, -0.1) is 0 Å². The van der Waals surface area contributed by atoms with E-state index in [0.717, 1.165) is 0 Å². The Morgan fingerprint density at radius 2 is 2.10 bits per heavy atom. The summed E-state index contributed by atoms with van der Waals surface area (Å²) in [5.74, 6) is 0.400. The summed E-state index contributed by atoms with van der Waals surface area (Å²) >= 11 is 0. The lowest BCUT2D eigenvalue weighted by atomic mass is 10.1. The molecule has 0 aliphatic carbocycles. The second-order valence-corrected chi connectivity index (χ2v) is 2.61. The number of ether oxygens (including phenoxy) is 1. The molecule has 10 heavy (non-hydrogen) atoms. The standard InChI is InChI=1S/C6H10N2O.ClH/c1-6(2)4(7)3-5(8)9-6;/h3,8H,7H2,1-2H3;1H. The van der Waals surface area contributed by atoms with Crippen molar-refractivity contribution in [2.75, 3.05) is 0 Å². The zero-order valence-corrected chi connectivity index (χ0v) is 6.77. The second-order valence-electron chi connectivity index (χ2n) is 2.61. The second kappa shape index (κ2) is 2.50. The Balaban J connectivity index is 0.000000810. The summed E-state index contributed by atoms with van der Waals surface area (Å²) in [6, 6.07) is 0. The molecule has 1 rings (SSSR count). The van der Waals surface area contributed by atoms with Crippen LogP contribution in [0.25, 0.3) is 0 Å². The highest BCUT2D eigenvalue weighted by Gasteiger charge is 2.32. The van der Waals surface area contributed by atoms with Crippen LogP contribution in [0.2, 0.25) is 0 Å². The minimum absolute atomic E-state index is 0. The minimum Gasteiger partial charge on any atom is -1.00 e. The maximum Gasteiger partial charge on any atom is 0.361 e. The molecule has 0 aromatic heterocycles. The van der Waals surface area contributed by atoms with Crippen molar-refractivity contribution in [2.24, 2.45) is 5.73 Å². The van der Waals surface area contributed by atoms with Crippen molar-refractivity contribution in [3.63, 3.8) is 0 Å². The van der Waals surface area contributed by atoms with Crippen LogP contribution in [0, 0.1) is 0 Å². The summed E-state index contributed by atoms with van der Waals surface area (Å²) in [6.07, 6.45) is 1.64. The number of hydrogen-bond acceptors (Lipinski definition) is 2. The molecule has 1 heterocycles. The van der Waals surface area contributed by atoms with E-state index in [0.29, 0.717) is 11.6 Å². The molecule has 0 atom stereocenters.